The van der Waals surface area contributed by atoms with E-state index in [2.05, 4.69) is 22.9 Å². The fourth-order valence-corrected chi connectivity index (χ4v) is 0.626. The van der Waals surface area contributed by atoms with Gasteiger partial charge in [-0.05, 0) is 0 Å². The summed E-state index contributed by atoms with van der Waals surface area (Å²) in [4.78, 5) is 0.553. The summed E-state index contributed by atoms with van der Waals surface area (Å²) in [6.07, 6.45) is 0.519. The fourth-order valence-electron chi connectivity index (χ4n) is 0.321. The molecule has 2 heteroatoms. The van der Waals surface area contributed by atoms with Gasteiger partial charge in [-0.25, -0.2) is 0 Å². The van der Waals surface area contributed by atoms with Crippen LogP contribution in [0.25, 0.3) is 0 Å². The van der Waals surface area contributed by atoms with Crippen molar-refractivity contribution in [2.24, 2.45) is 0 Å². The second-order valence-corrected chi connectivity index (χ2v) is 2.99. The third kappa shape index (κ3) is 0.949. The first kappa shape index (κ1) is 4.60. The Morgan fingerprint density at radius 1 is 2.00 bits per heavy atom. The summed E-state index contributed by atoms with van der Waals surface area (Å²) >= 11 is 3.38. The molecule has 1 aliphatic heterocycles. The Morgan fingerprint density at radius 2 is 2.50 bits per heavy atom. The zero-order valence-corrected chi connectivity index (χ0v) is 5.23. The van der Waals surface area contributed by atoms with E-state index in [1.54, 1.807) is 0 Å². The highest BCUT2D eigenvalue weighted by Gasteiger charge is 2.26. The molecular weight excluding hydrogens is 144 g/mol. The Hall–Kier alpha value is 0.440. The van der Waals surface area contributed by atoms with E-state index < -0.39 is 0 Å². The summed E-state index contributed by atoms with van der Waals surface area (Å²) in [5.41, 5.74) is 0. The first-order chi connectivity index (χ1) is 2.80. The van der Waals surface area contributed by atoms with Crippen LogP contribution in [-0.2, 0) is 4.74 Å². The van der Waals surface area contributed by atoms with Gasteiger partial charge >= 0.3 is 0 Å². The van der Waals surface area contributed by atoms with Crippen LogP contribution in [0.15, 0.2) is 0 Å². The largest absolute Gasteiger partial charge is 0.372 e. The lowest BCUT2D eigenvalue weighted by molar-refractivity contribution is 0.409. The molecule has 0 amide bonds. The van der Waals surface area contributed by atoms with Crippen molar-refractivity contribution < 1.29 is 4.74 Å². The molecule has 1 unspecified atom stereocenters. The molecule has 0 radical (unpaired) electrons. The Kier molecular flexibility index (Phi) is 1.15. The van der Waals surface area contributed by atoms with Crippen LogP contribution in [0.4, 0.5) is 0 Å². The maximum Gasteiger partial charge on any atom is 0.0931 e. The number of alkyl halides is 1. The van der Waals surface area contributed by atoms with Crippen molar-refractivity contribution >= 4 is 15.9 Å². The molecule has 0 spiro atoms. The smallest absolute Gasteiger partial charge is 0.0931 e. The molecule has 2 atom stereocenters. The van der Waals surface area contributed by atoms with Gasteiger partial charge in [-0.2, -0.15) is 0 Å². The van der Waals surface area contributed by atoms with Gasteiger partial charge in [0.05, 0.1) is 12.7 Å². The molecule has 6 heavy (non-hydrogen) atoms. The monoisotopic (exact) mass is 150 g/mol. The van der Waals surface area contributed by atoms with Gasteiger partial charge in [0.2, 0.25) is 0 Å². The van der Waals surface area contributed by atoms with Crippen molar-refractivity contribution in [3.8, 4) is 0 Å². The Balaban J connectivity index is 2.13. The topological polar surface area (TPSA) is 12.5 Å². The van der Waals surface area contributed by atoms with Gasteiger partial charge in [0.25, 0.3) is 0 Å². The fraction of sp³-hybridized carbons (Fsp3) is 1.00. The van der Waals surface area contributed by atoms with Crippen molar-refractivity contribution in [3.05, 3.63) is 0 Å². The lowest BCUT2D eigenvalue weighted by atomic mass is 10.4. The second kappa shape index (κ2) is 1.51. The van der Waals surface area contributed by atoms with Crippen molar-refractivity contribution in [2.75, 3.05) is 6.61 Å². The van der Waals surface area contributed by atoms with E-state index in [1.807, 2.05) is 0 Å². The normalized spacial score (nSPS) is 36.0. The van der Waals surface area contributed by atoms with Crippen molar-refractivity contribution in [1.82, 2.24) is 0 Å². The van der Waals surface area contributed by atoms with Crippen molar-refractivity contribution in [2.45, 2.75) is 17.9 Å². The zero-order chi connectivity index (χ0) is 4.57. The van der Waals surface area contributed by atoms with Crippen LogP contribution in [0.3, 0.4) is 0 Å². The summed E-state index contributed by atoms with van der Waals surface area (Å²) in [7, 11) is 0. The maximum absolute atomic E-state index is 4.92. The van der Waals surface area contributed by atoms with E-state index in [1.165, 1.54) is 0 Å². The number of rotatable bonds is 1. The molecule has 0 bridgehead atoms. The summed E-state index contributed by atoms with van der Waals surface area (Å²) in [5.74, 6) is 0. The number of hydrogen-bond acceptors (Lipinski definition) is 1. The third-order valence-corrected chi connectivity index (χ3v) is 1.46. The van der Waals surface area contributed by atoms with Gasteiger partial charge < -0.3 is 4.74 Å². The predicted molar refractivity (Wildman–Crippen MR) is 28.1 cm³/mol. The molecule has 0 aromatic carbocycles. The molecule has 1 nitrogen and oxygen atoms in total. The number of hydrogen-bond donors (Lipinski definition) is 0. The quantitative estimate of drug-likeness (QED) is 0.404. The minimum Gasteiger partial charge on any atom is -0.372 e. The van der Waals surface area contributed by atoms with Crippen molar-refractivity contribution in [3.63, 3.8) is 0 Å². The molecule has 0 aliphatic carbocycles. The number of ether oxygens (including phenoxy) is 1. The van der Waals surface area contributed by atoms with Crippen LogP contribution in [0.1, 0.15) is 6.92 Å². The van der Waals surface area contributed by atoms with Crippen LogP contribution in [-0.4, -0.2) is 17.5 Å². The lowest BCUT2D eigenvalue weighted by Gasteiger charge is -1.88. The number of epoxide rings is 1. The Bertz CT molecular complexity index is 49.5. The van der Waals surface area contributed by atoms with E-state index >= 15 is 0 Å². The van der Waals surface area contributed by atoms with Gasteiger partial charge in [-0.15, -0.1) is 0 Å². The molecule has 1 saturated heterocycles. The molecule has 0 aromatic rings. The lowest BCUT2D eigenvalue weighted by Crippen LogP contribution is -1.97. The van der Waals surface area contributed by atoms with E-state index in [9.17, 15) is 0 Å². The van der Waals surface area contributed by atoms with E-state index in [-0.39, 0.29) is 0 Å². The molecule has 1 rings (SSSR count). The van der Waals surface area contributed by atoms with Crippen LogP contribution in [0.2, 0.25) is 0 Å². The highest BCUT2D eigenvalue weighted by Crippen LogP contribution is 2.19. The van der Waals surface area contributed by atoms with Crippen molar-refractivity contribution in [1.29, 1.82) is 0 Å². The summed E-state index contributed by atoms with van der Waals surface area (Å²) in [6.45, 7) is 3.05. The van der Waals surface area contributed by atoms with Crippen LogP contribution in [0.5, 0.6) is 0 Å². The standard InChI is InChI=1S/C4H7BrO/c1-3(5)4-2-6-4/h3-4H,2H2,1H3/t3-,4?/m0/s1. The Morgan fingerprint density at radius 3 is 2.50 bits per heavy atom. The average molecular weight is 151 g/mol. The summed E-state index contributed by atoms with van der Waals surface area (Å²) < 4.78 is 4.92. The second-order valence-electron chi connectivity index (χ2n) is 1.55. The molecular formula is C4H7BrO. The van der Waals surface area contributed by atoms with E-state index in [4.69, 9.17) is 4.74 Å². The first-order valence-electron chi connectivity index (χ1n) is 2.06. The zero-order valence-electron chi connectivity index (χ0n) is 3.65. The molecule has 0 N–H and O–H groups in total. The van der Waals surface area contributed by atoms with Crippen LogP contribution in [0, 0.1) is 0 Å². The minimum atomic E-state index is 0.519. The van der Waals surface area contributed by atoms with Gasteiger partial charge in [-0.1, -0.05) is 22.9 Å². The minimum absolute atomic E-state index is 0.519. The van der Waals surface area contributed by atoms with Crippen LogP contribution < -0.4 is 0 Å². The molecule has 0 saturated carbocycles. The highest BCUT2D eigenvalue weighted by molar-refractivity contribution is 9.09. The van der Waals surface area contributed by atoms with Gasteiger partial charge in [-0.3, -0.25) is 0 Å². The molecule has 1 aliphatic rings. The van der Waals surface area contributed by atoms with Gasteiger partial charge in [0, 0.05) is 4.83 Å². The van der Waals surface area contributed by atoms with Gasteiger partial charge in [0.1, 0.15) is 0 Å². The van der Waals surface area contributed by atoms with Crippen LogP contribution >= 0.6 is 15.9 Å². The third-order valence-electron chi connectivity index (χ3n) is 0.871. The SMILES string of the molecule is C[C@H](Br)C1CO1. The maximum atomic E-state index is 4.92. The summed E-state index contributed by atoms with van der Waals surface area (Å²) in [5, 5.41) is 0. The molecule has 36 valence electrons. The molecule has 1 fully saturated rings. The van der Waals surface area contributed by atoms with E-state index in [0.717, 1.165) is 6.61 Å². The molecule has 0 aromatic heterocycles. The highest BCUT2D eigenvalue weighted by atomic mass is 79.9. The number of halogens is 1. The Labute approximate surface area is 45.8 Å². The average Bonchev–Trinajstić information content (AvgIpc) is 2.06. The van der Waals surface area contributed by atoms with E-state index in [0.29, 0.717) is 10.9 Å². The first-order valence-corrected chi connectivity index (χ1v) is 2.98. The summed E-state index contributed by atoms with van der Waals surface area (Å²) in [6, 6.07) is 0. The predicted octanol–water partition coefficient (Wildman–Crippen LogP) is 1.17. The van der Waals surface area contributed by atoms with Gasteiger partial charge in [0.15, 0.2) is 0 Å². The molecule has 1 heterocycles.